The van der Waals surface area contributed by atoms with Crippen LogP contribution in [-0.2, 0) is 11.3 Å². The summed E-state index contributed by atoms with van der Waals surface area (Å²) in [7, 11) is 0. The van der Waals surface area contributed by atoms with E-state index in [1.54, 1.807) is 12.1 Å². The number of imidazole rings is 1. The molecule has 1 N–H and O–H groups in total. The van der Waals surface area contributed by atoms with Crippen LogP contribution < -0.4 is 10.2 Å². The summed E-state index contributed by atoms with van der Waals surface area (Å²) in [5.74, 6) is -0.631. The summed E-state index contributed by atoms with van der Waals surface area (Å²) < 4.78 is 27.9. The Bertz CT molecular complexity index is 1170. The number of aryl methyl sites for hydroxylation is 2. The number of amides is 1. The quantitative estimate of drug-likeness (QED) is 0.424. The highest BCUT2D eigenvalue weighted by Crippen LogP contribution is 2.43. The van der Waals surface area contributed by atoms with Gasteiger partial charge in [0.2, 0.25) is 5.95 Å². The number of nitrogens with one attached hydrogen (secondary N) is 1. The van der Waals surface area contributed by atoms with Gasteiger partial charge < -0.3 is 14.8 Å². The highest BCUT2D eigenvalue weighted by Gasteiger charge is 2.30. The van der Waals surface area contributed by atoms with Crippen molar-refractivity contribution >= 4 is 63.4 Å². The second-order valence-electron chi connectivity index (χ2n) is 7.73. The molecule has 3 aromatic rings. The molecular weight excluding hydrogens is 481 g/mol. The minimum atomic E-state index is -3.07. The van der Waals surface area contributed by atoms with Crippen molar-refractivity contribution in [1.29, 1.82) is 0 Å². The zero-order chi connectivity index (χ0) is 23.2. The van der Waals surface area contributed by atoms with E-state index >= 15 is 0 Å². The van der Waals surface area contributed by atoms with Gasteiger partial charge in [-0.05, 0) is 37.5 Å². The molecule has 0 radical (unpaired) electrons. The van der Waals surface area contributed by atoms with Crippen LogP contribution in [-0.4, -0.2) is 28.4 Å². The summed E-state index contributed by atoms with van der Waals surface area (Å²) in [6.07, 6.45) is -1.83. The largest absolute Gasteiger partial charge is 0.344 e. The second kappa shape index (κ2) is 9.04. The molecular formula is C22H21Cl3F2N4O. The van der Waals surface area contributed by atoms with E-state index in [9.17, 15) is 13.6 Å². The molecule has 1 aromatic heterocycles. The molecule has 32 heavy (non-hydrogen) atoms. The van der Waals surface area contributed by atoms with Gasteiger partial charge in [0.1, 0.15) is 0 Å². The third-order valence-electron chi connectivity index (χ3n) is 5.66. The van der Waals surface area contributed by atoms with E-state index in [0.717, 1.165) is 28.6 Å². The third-order valence-corrected chi connectivity index (χ3v) is 6.46. The van der Waals surface area contributed by atoms with Gasteiger partial charge in [-0.1, -0.05) is 53.9 Å². The number of halogens is 5. The smallest absolute Gasteiger partial charge is 0.315 e. The molecule has 1 unspecified atom stereocenters. The van der Waals surface area contributed by atoms with Gasteiger partial charge in [0.05, 0.1) is 32.8 Å². The summed E-state index contributed by atoms with van der Waals surface area (Å²) in [5, 5.41) is 3.72. The van der Waals surface area contributed by atoms with Crippen molar-refractivity contribution in [3.05, 3.63) is 50.5 Å². The van der Waals surface area contributed by atoms with Gasteiger partial charge in [0.25, 0.3) is 5.91 Å². The fourth-order valence-electron chi connectivity index (χ4n) is 4.21. The lowest BCUT2D eigenvalue weighted by Crippen LogP contribution is -2.33. The first-order valence-corrected chi connectivity index (χ1v) is 11.4. The van der Waals surface area contributed by atoms with E-state index in [1.165, 1.54) is 0 Å². The Kier molecular flexibility index (Phi) is 6.52. The van der Waals surface area contributed by atoms with Crippen molar-refractivity contribution in [2.45, 2.75) is 45.7 Å². The van der Waals surface area contributed by atoms with E-state index in [0.29, 0.717) is 46.2 Å². The Morgan fingerprint density at radius 1 is 1.19 bits per heavy atom. The van der Waals surface area contributed by atoms with E-state index < -0.39 is 18.4 Å². The summed E-state index contributed by atoms with van der Waals surface area (Å²) in [5.41, 5.74) is 3.86. The van der Waals surface area contributed by atoms with Gasteiger partial charge in [0.15, 0.2) is 0 Å². The molecule has 0 saturated carbocycles. The maximum atomic E-state index is 12.9. The molecule has 1 aliphatic heterocycles. The van der Waals surface area contributed by atoms with Gasteiger partial charge in [-0.3, -0.25) is 4.79 Å². The van der Waals surface area contributed by atoms with Crippen LogP contribution in [0.3, 0.4) is 0 Å². The summed E-state index contributed by atoms with van der Waals surface area (Å²) in [4.78, 5) is 18.6. The van der Waals surface area contributed by atoms with Crippen LogP contribution in [0.5, 0.6) is 0 Å². The van der Waals surface area contributed by atoms with E-state index in [2.05, 4.69) is 5.32 Å². The first-order chi connectivity index (χ1) is 15.2. The zero-order valence-electron chi connectivity index (χ0n) is 17.4. The van der Waals surface area contributed by atoms with Gasteiger partial charge in [0, 0.05) is 23.7 Å². The lowest BCUT2D eigenvalue weighted by Gasteiger charge is -2.31. The van der Waals surface area contributed by atoms with E-state index in [4.69, 9.17) is 39.8 Å². The van der Waals surface area contributed by atoms with Crippen molar-refractivity contribution in [2.24, 2.45) is 0 Å². The number of carbonyl (C=O) groups excluding carboxylic acids is 1. The van der Waals surface area contributed by atoms with Crippen LogP contribution in [0.2, 0.25) is 15.1 Å². The number of hydrogen-bond acceptors (Lipinski definition) is 3. The lowest BCUT2D eigenvalue weighted by molar-refractivity contribution is -0.132. The molecule has 1 atom stereocenters. The summed E-state index contributed by atoms with van der Waals surface area (Å²) in [6.45, 7) is 5.12. The number of alkyl halides is 2. The SMILES string of the molecule is CCC(NC(=O)C(F)F)c1ccc(C)c2nc3n(c12)CCCN3c1c(Cl)cc(Cl)cc1Cl. The second-order valence-corrected chi connectivity index (χ2v) is 8.98. The van der Waals surface area contributed by atoms with Crippen LogP contribution >= 0.6 is 34.8 Å². The zero-order valence-corrected chi connectivity index (χ0v) is 19.7. The molecule has 0 spiro atoms. The Morgan fingerprint density at radius 2 is 1.88 bits per heavy atom. The lowest BCUT2D eigenvalue weighted by atomic mass is 10.00. The summed E-state index contributed by atoms with van der Waals surface area (Å²) >= 11 is 19.1. The monoisotopic (exact) mass is 500 g/mol. The molecule has 10 heteroatoms. The van der Waals surface area contributed by atoms with Crippen LogP contribution in [0.4, 0.5) is 20.4 Å². The number of nitrogens with zero attached hydrogens (tertiary/aromatic N) is 3. The normalized spacial score (nSPS) is 14.7. The first-order valence-electron chi connectivity index (χ1n) is 10.2. The van der Waals surface area contributed by atoms with Crippen molar-refractivity contribution in [3.8, 4) is 0 Å². The fraction of sp³-hybridized carbons (Fsp3) is 0.364. The number of fused-ring (bicyclic) bond motifs is 3. The van der Waals surface area contributed by atoms with Crippen LogP contribution in [0.15, 0.2) is 24.3 Å². The molecule has 0 bridgehead atoms. The number of anilines is 2. The molecule has 1 amide bonds. The van der Waals surface area contributed by atoms with Gasteiger partial charge >= 0.3 is 6.43 Å². The van der Waals surface area contributed by atoms with Gasteiger partial charge in [-0.25, -0.2) is 4.98 Å². The highest BCUT2D eigenvalue weighted by atomic mass is 35.5. The average molecular weight is 502 g/mol. The summed E-state index contributed by atoms with van der Waals surface area (Å²) in [6, 6.07) is 6.46. The Hall–Kier alpha value is -2.09. The molecule has 4 rings (SSSR count). The topological polar surface area (TPSA) is 50.2 Å². The van der Waals surface area contributed by atoms with Crippen molar-refractivity contribution in [3.63, 3.8) is 0 Å². The van der Waals surface area contributed by atoms with Crippen molar-refractivity contribution < 1.29 is 13.6 Å². The van der Waals surface area contributed by atoms with Gasteiger partial charge in [-0.2, -0.15) is 8.78 Å². The van der Waals surface area contributed by atoms with Gasteiger partial charge in [-0.15, -0.1) is 0 Å². The molecule has 0 saturated heterocycles. The number of carbonyl (C=O) groups is 1. The third kappa shape index (κ3) is 4.02. The van der Waals surface area contributed by atoms with Crippen LogP contribution in [0.1, 0.15) is 36.9 Å². The highest BCUT2D eigenvalue weighted by molar-refractivity contribution is 6.42. The maximum Gasteiger partial charge on any atom is 0.315 e. The number of benzene rings is 2. The standard InChI is InChI=1S/C22H21Cl3F2N4O/c1-3-16(28-21(32)20(26)27)13-6-5-11(2)17-18(13)30-7-4-8-31(22(30)29-17)19-14(24)9-12(23)10-15(19)25/h5-6,9-10,16,20H,3-4,7-8H2,1-2H3,(H,28,32). The van der Waals surface area contributed by atoms with Crippen LogP contribution in [0, 0.1) is 6.92 Å². The molecule has 5 nitrogen and oxygen atoms in total. The molecule has 170 valence electrons. The Morgan fingerprint density at radius 3 is 2.50 bits per heavy atom. The Labute approximate surface area is 199 Å². The van der Waals surface area contributed by atoms with E-state index in [1.807, 2.05) is 35.4 Å². The molecule has 0 aliphatic carbocycles. The minimum absolute atomic E-state index is 0.413. The average Bonchev–Trinajstić information content (AvgIpc) is 3.13. The minimum Gasteiger partial charge on any atom is -0.344 e. The number of hydrogen-bond donors (Lipinski definition) is 1. The molecule has 2 aromatic carbocycles. The Balaban J connectivity index is 1.89. The predicted molar refractivity (Wildman–Crippen MR) is 125 cm³/mol. The molecule has 2 heterocycles. The fourth-order valence-corrected chi connectivity index (χ4v) is 5.23. The number of aromatic nitrogens is 2. The number of rotatable bonds is 5. The van der Waals surface area contributed by atoms with Crippen molar-refractivity contribution in [1.82, 2.24) is 14.9 Å². The molecule has 0 fully saturated rings. The predicted octanol–water partition coefficient (Wildman–Crippen LogP) is 6.68. The first kappa shape index (κ1) is 23.1. The maximum absolute atomic E-state index is 12.9. The van der Waals surface area contributed by atoms with Crippen molar-refractivity contribution in [2.75, 3.05) is 11.4 Å². The van der Waals surface area contributed by atoms with E-state index in [-0.39, 0.29) is 0 Å². The molecule has 1 aliphatic rings. The van der Waals surface area contributed by atoms with Crippen LogP contribution in [0.25, 0.3) is 11.0 Å².